The third-order valence-corrected chi connectivity index (χ3v) is 13.8. The van der Waals surface area contributed by atoms with Gasteiger partial charge in [-0.1, -0.05) is 42.9 Å². The molecule has 5 heteroatoms. The number of halogens is 1. The molecule has 4 saturated carbocycles. The number of benzene rings is 1. The number of ether oxygens (including phenoxy) is 1. The molecule has 0 saturated heterocycles. The van der Waals surface area contributed by atoms with Gasteiger partial charge in [-0.3, -0.25) is 4.79 Å². The van der Waals surface area contributed by atoms with Crippen LogP contribution in [0.4, 0.5) is 0 Å². The molecule has 4 fully saturated rings. The topological polar surface area (TPSA) is 62.1 Å². The maximum absolute atomic E-state index is 13.1. The predicted molar refractivity (Wildman–Crippen MR) is 157 cm³/mol. The van der Waals surface area contributed by atoms with Crippen molar-refractivity contribution in [3.63, 3.8) is 0 Å². The molecule has 9 atom stereocenters. The van der Waals surface area contributed by atoms with E-state index in [0.29, 0.717) is 25.9 Å². The number of methoxy groups -OCH3 is 1. The number of hydrogen-bond donors (Lipinski definition) is 1. The first-order valence-electron chi connectivity index (χ1n) is 14.6. The second-order valence-electron chi connectivity index (χ2n) is 13.4. The number of hydrogen-bond acceptors (Lipinski definition) is 3. The molecule has 1 amide bonds. The number of nitrogens with one attached hydrogen (secondary N) is 1. The lowest BCUT2D eigenvalue weighted by Crippen LogP contribution is -2.64. The average molecular weight is 617 g/mol. The third-order valence-electron chi connectivity index (χ3n) is 11.7. The summed E-state index contributed by atoms with van der Waals surface area (Å²) in [6.45, 7) is 8.40. The molecule has 1 N–H and O–H groups in total. The number of nitriles is 1. The van der Waals surface area contributed by atoms with E-state index in [-0.39, 0.29) is 17.4 Å². The molecule has 202 valence electrons. The Kier molecular flexibility index (Phi) is 7.75. The van der Waals surface area contributed by atoms with Crippen molar-refractivity contribution in [2.75, 3.05) is 13.7 Å². The van der Waals surface area contributed by atoms with E-state index in [1.165, 1.54) is 64.2 Å². The fourth-order valence-electron chi connectivity index (χ4n) is 9.88. The smallest absolute Gasteiger partial charge is 0.251 e. The van der Waals surface area contributed by atoms with Crippen LogP contribution in [0.3, 0.4) is 0 Å². The van der Waals surface area contributed by atoms with Gasteiger partial charge in [0, 0.05) is 28.7 Å². The lowest BCUT2D eigenvalue weighted by Gasteiger charge is -2.68. The Morgan fingerprint density at radius 3 is 2.49 bits per heavy atom. The Hall–Kier alpha value is -1.13. The van der Waals surface area contributed by atoms with Crippen LogP contribution in [0.2, 0.25) is 0 Å². The summed E-state index contributed by atoms with van der Waals surface area (Å²) in [4.78, 5) is 13.1. The first-order chi connectivity index (χ1) is 17.7. The molecule has 1 aromatic rings. The van der Waals surface area contributed by atoms with Gasteiger partial charge in [0.1, 0.15) is 0 Å². The number of fused-ring (bicyclic) bond motifs is 5. The molecule has 1 aromatic carbocycles. The molecule has 4 nitrogen and oxygen atoms in total. The van der Waals surface area contributed by atoms with Gasteiger partial charge in [-0.15, -0.1) is 0 Å². The zero-order chi connectivity index (χ0) is 26.4. The molecule has 0 aromatic heterocycles. The van der Waals surface area contributed by atoms with Crippen LogP contribution in [0.1, 0.15) is 101 Å². The molecule has 5 rings (SSSR count). The van der Waals surface area contributed by atoms with Gasteiger partial charge in [0.25, 0.3) is 5.91 Å². The third kappa shape index (κ3) is 4.66. The van der Waals surface area contributed by atoms with Gasteiger partial charge in [-0.2, -0.15) is 5.26 Å². The molecule has 0 aliphatic heterocycles. The van der Waals surface area contributed by atoms with E-state index in [4.69, 9.17) is 10.00 Å². The fourth-order valence-corrected chi connectivity index (χ4v) is 12.2. The van der Waals surface area contributed by atoms with Crippen LogP contribution >= 0.6 is 22.6 Å². The number of nitrogens with zero attached hydrogens (tertiary/aromatic N) is 1. The Morgan fingerprint density at radius 2 is 1.78 bits per heavy atom. The Balaban J connectivity index is 1.34. The first-order valence-corrected chi connectivity index (χ1v) is 15.7. The Morgan fingerprint density at radius 1 is 1.08 bits per heavy atom. The van der Waals surface area contributed by atoms with Gasteiger partial charge in [-0.25, -0.2) is 0 Å². The normalized spacial score (nSPS) is 41.9. The van der Waals surface area contributed by atoms with Gasteiger partial charge in [0.05, 0.1) is 11.6 Å². The summed E-state index contributed by atoms with van der Waals surface area (Å²) >= 11 is 2.97. The Bertz CT molecular complexity index is 1040. The molecule has 2 unspecified atom stereocenters. The minimum atomic E-state index is -0.0126. The van der Waals surface area contributed by atoms with Gasteiger partial charge in [0.2, 0.25) is 0 Å². The number of carbonyl (C=O) groups is 1. The van der Waals surface area contributed by atoms with Crippen LogP contribution in [-0.2, 0) is 4.74 Å². The molecule has 0 spiro atoms. The number of amides is 1. The largest absolute Gasteiger partial charge is 0.384 e. The number of rotatable bonds is 5. The summed E-state index contributed by atoms with van der Waals surface area (Å²) < 4.78 is 5.93. The van der Waals surface area contributed by atoms with Crippen molar-refractivity contribution >= 4 is 28.5 Å². The van der Waals surface area contributed by atoms with Crippen molar-refractivity contribution in [3.05, 3.63) is 35.4 Å². The van der Waals surface area contributed by atoms with Gasteiger partial charge >= 0.3 is 0 Å². The van der Waals surface area contributed by atoms with Crippen molar-refractivity contribution in [2.45, 2.75) is 94.4 Å². The maximum Gasteiger partial charge on any atom is 0.251 e. The van der Waals surface area contributed by atoms with Crippen LogP contribution in [0.25, 0.3) is 0 Å². The zero-order valence-electron chi connectivity index (χ0n) is 23.2. The quantitative estimate of drug-likeness (QED) is 0.275. The van der Waals surface area contributed by atoms with E-state index in [0.717, 1.165) is 30.3 Å². The molecule has 4 aliphatic carbocycles. The van der Waals surface area contributed by atoms with E-state index < -0.39 is 0 Å². The summed E-state index contributed by atoms with van der Waals surface area (Å²) in [7, 11) is 1.86. The van der Waals surface area contributed by atoms with Crippen LogP contribution in [0.5, 0.6) is 0 Å². The summed E-state index contributed by atoms with van der Waals surface area (Å²) in [6, 6.07) is 9.30. The number of alkyl halides is 1. The second-order valence-corrected chi connectivity index (χ2v) is 15.4. The standard InChI is InChI=1S/C32H45IN2O2/c1-21(35-29(36)24-10-8-22(19-34)9-11-24)26-6-5-7-27-31(26,3)16-14-28-30(2)15-12-23(20-37-4)18-25(30)13-17-32(27,28)33/h8-11,21,23,25-28H,5-7,12-18,20H2,1-4H3,(H,35,36)/t21-,23-,25+,26?,27+,28?,30-,31+,32+/m0/s1. The van der Waals surface area contributed by atoms with E-state index in [1.807, 2.05) is 7.11 Å². The molecule has 0 bridgehead atoms. The predicted octanol–water partition coefficient (Wildman–Crippen LogP) is 7.55. The van der Waals surface area contributed by atoms with Crippen LogP contribution in [0, 0.1) is 51.8 Å². The molecule has 4 aliphatic rings. The molecular formula is C32H45IN2O2. The van der Waals surface area contributed by atoms with Gasteiger partial charge in [-0.05, 0) is 129 Å². The highest BCUT2D eigenvalue weighted by Gasteiger charge is 2.65. The summed E-state index contributed by atoms with van der Waals surface area (Å²) in [5.74, 6) is 3.62. The number of carbonyl (C=O) groups excluding carboxylic acids is 1. The average Bonchev–Trinajstić information content (AvgIpc) is 2.88. The SMILES string of the molecule is COC[C@H]1CC[C@]2(C)C3CC[C@]4(C)C([C@H](C)NC(=O)c5ccc(C#N)cc5)CCC[C@H]4[C@]3(I)CC[C@@H]2C1. The van der Waals surface area contributed by atoms with Crippen LogP contribution in [-0.4, -0.2) is 29.1 Å². The molecule has 0 heterocycles. The monoisotopic (exact) mass is 616 g/mol. The van der Waals surface area contributed by atoms with Gasteiger partial charge < -0.3 is 10.1 Å². The molecule has 37 heavy (non-hydrogen) atoms. The lowest BCUT2D eigenvalue weighted by molar-refractivity contribution is -0.128. The van der Waals surface area contributed by atoms with Gasteiger partial charge in [0.15, 0.2) is 0 Å². The fraction of sp³-hybridized carbons (Fsp3) is 0.750. The summed E-state index contributed by atoms with van der Waals surface area (Å²) in [5, 5.41) is 12.5. The summed E-state index contributed by atoms with van der Waals surface area (Å²) in [6.07, 6.45) is 13.2. The van der Waals surface area contributed by atoms with Crippen LogP contribution in [0.15, 0.2) is 24.3 Å². The van der Waals surface area contributed by atoms with Crippen molar-refractivity contribution in [2.24, 2.45) is 40.4 Å². The van der Waals surface area contributed by atoms with E-state index in [2.05, 4.69) is 54.7 Å². The van der Waals surface area contributed by atoms with Crippen molar-refractivity contribution < 1.29 is 9.53 Å². The van der Waals surface area contributed by atoms with Crippen molar-refractivity contribution in [3.8, 4) is 6.07 Å². The molecule has 0 radical (unpaired) electrons. The van der Waals surface area contributed by atoms with E-state index >= 15 is 0 Å². The highest BCUT2D eigenvalue weighted by Crippen LogP contribution is 2.71. The minimum absolute atomic E-state index is 0.0126. The minimum Gasteiger partial charge on any atom is -0.384 e. The van der Waals surface area contributed by atoms with E-state index in [1.54, 1.807) is 24.3 Å². The first kappa shape index (κ1) is 27.4. The zero-order valence-corrected chi connectivity index (χ0v) is 25.4. The molecular weight excluding hydrogens is 571 g/mol. The highest BCUT2D eigenvalue weighted by molar-refractivity contribution is 14.1. The summed E-state index contributed by atoms with van der Waals surface area (Å²) in [5.41, 5.74) is 1.97. The lowest BCUT2D eigenvalue weighted by atomic mass is 9.41. The highest BCUT2D eigenvalue weighted by atomic mass is 127. The maximum atomic E-state index is 13.1. The van der Waals surface area contributed by atoms with Crippen LogP contribution < -0.4 is 5.32 Å². The van der Waals surface area contributed by atoms with E-state index in [9.17, 15) is 4.79 Å². The second kappa shape index (κ2) is 10.5. The Labute approximate surface area is 237 Å². The van der Waals surface area contributed by atoms with Crippen molar-refractivity contribution in [1.29, 1.82) is 5.26 Å². The van der Waals surface area contributed by atoms with Crippen molar-refractivity contribution in [1.82, 2.24) is 5.32 Å².